The van der Waals surface area contributed by atoms with Gasteiger partial charge in [0.25, 0.3) is 0 Å². The van der Waals surface area contributed by atoms with Gasteiger partial charge in [-0.25, -0.2) is 19.0 Å². The molecule has 0 aliphatic carbocycles. The number of aromatic nitrogens is 5. The van der Waals surface area contributed by atoms with Crippen LogP contribution in [0.15, 0.2) is 55.0 Å². The number of hydrogen-bond acceptors (Lipinski definition) is 5. The maximum Gasteiger partial charge on any atom is 0.174 e. The first-order valence-corrected chi connectivity index (χ1v) is 10.8. The van der Waals surface area contributed by atoms with Crippen molar-refractivity contribution in [2.75, 3.05) is 7.11 Å². The van der Waals surface area contributed by atoms with Crippen molar-refractivity contribution >= 4 is 12.2 Å². The van der Waals surface area contributed by atoms with Gasteiger partial charge in [-0.2, -0.15) is 5.10 Å². The Labute approximate surface area is 191 Å². The first-order chi connectivity index (χ1) is 16.0. The van der Waals surface area contributed by atoms with Crippen LogP contribution in [0.3, 0.4) is 0 Å². The van der Waals surface area contributed by atoms with Gasteiger partial charge in [-0.15, -0.1) is 0 Å². The predicted octanol–water partition coefficient (Wildman–Crippen LogP) is 4.09. The van der Waals surface area contributed by atoms with Crippen molar-refractivity contribution in [2.24, 2.45) is 5.73 Å². The van der Waals surface area contributed by atoms with E-state index in [9.17, 15) is 4.39 Å². The Morgan fingerprint density at radius 3 is 2.70 bits per heavy atom. The zero-order chi connectivity index (χ0) is 23.0. The summed E-state index contributed by atoms with van der Waals surface area (Å²) >= 11 is 0. The number of rotatable bonds is 5. The molecular formula is C25H25FN6O. The molecule has 0 saturated carbocycles. The lowest BCUT2D eigenvalue weighted by Crippen LogP contribution is -2.43. The molecule has 0 saturated heterocycles. The number of methoxy groups -OCH3 is 1. The van der Waals surface area contributed by atoms with Crippen LogP contribution in [0, 0.1) is 12.7 Å². The lowest BCUT2D eigenvalue weighted by Gasteiger charge is -2.33. The highest BCUT2D eigenvalue weighted by Crippen LogP contribution is 2.34. The molecular weight excluding hydrogens is 419 g/mol. The number of benzene rings is 2. The summed E-state index contributed by atoms with van der Waals surface area (Å²) in [5, 5.41) is 4.64. The van der Waals surface area contributed by atoms with E-state index < -0.39 is 5.54 Å². The van der Waals surface area contributed by atoms with Gasteiger partial charge in [0.2, 0.25) is 0 Å². The van der Waals surface area contributed by atoms with Crippen LogP contribution in [-0.4, -0.2) is 31.4 Å². The van der Waals surface area contributed by atoms with E-state index in [0.717, 1.165) is 47.6 Å². The average molecular weight is 445 g/mol. The van der Waals surface area contributed by atoms with Crippen LogP contribution in [0.1, 0.15) is 41.3 Å². The number of imidazole rings is 1. The summed E-state index contributed by atoms with van der Waals surface area (Å²) in [6.45, 7) is 2.70. The molecule has 7 nitrogen and oxygen atoms in total. The molecule has 8 heteroatoms. The summed E-state index contributed by atoms with van der Waals surface area (Å²) in [6, 6.07) is 12.3. The molecule has 2 N–H and O–H groups in total. The molecule has 2 aromatic carbocycles. The fourth-order valence-electron chi connectivity index (χ4n) is 4.29. The molecule has 0 unspecified atom stereocenters. The van der Waals surface area contributed by atoms with Crippen LogP contribution in [0.2, 0.25) is 0 Å². The quantitative estimate of drug-likeness (QED) is 0.501. The van der Waals surface area contributed by atoms with E-state index >= 15 is 0 Å². The van der Waals surface area contributed by atoms with Crippen molar-refractivity contribution in [3.8, 4) is 11.4 Å². The van der Waals surface area contributed by atoms with E-state index in [-0.39, 0.29) is 5.82 Å². The highest BCUT2D eigenvalue weighted by molar-refractivity contribution is 5.69. The Balaban J connectivity index is 1.43. The topological polar surface area (TPSA) is 83.8 Å². The number of nitrogens with two attached hydrogens (primary N) is 1. The van der Waals surface area contributed by atoms with E-state index in [1.165, 1.54) is 12.1 Å². The van der Waals surface area contributed by atoms with Gasteiger partial charge in [-0.1, -0.05) is 24.3 Å². The Hall–Kier alpha value is -3.78. The van der Waals surface area contributed by atoms with Crippen LogP contribution < -0.4 is 10.5 Å². The molecule has 1 atom stereocenters. The SMILES string of the molecule is COc1cc(/C=C/c2nc3n(n2)CCC[C@@]3(N)c2ccc(F)cc2)ccc1-n1cnc(C)c1. The monoisotopic (exact) mass is 444 g/mol. The van der Waals surface area contributed by atoms with Crippen molar-refractivity contribution in [1.29, 1.82) is 0 Å². The fraction of sp³-hybridized carbons (Fsp3) is 0.240. The largest absolute Gasteiger partial charge is 0.495 e. The minimum Gasteiger partial charge on any atom is -0.495 e. The summed E-state index contributed by atoms with van der Waals surface area (Å²) in [6.07, 6.45) is 9.14. The molecule has 4 aromatic rings. The fourth-order valence-corrected chi connectivity index (χ4v) is 4.29. The molecule has 0 spiro atoms. The van der Waals surface area contributed by atoms with Gasteiger partial charge in [-0.05, 0) is 61.2 Å². The van der Waals surface area contributed by atoms with Crippen molar-refractivity contribution in [1.82, 2.24) is 24.3 Å². The molecule has 5 rings (SSSR count). The first-order valence-electron chi connectivity index (χ1n) is 10.8. The Morgan fingerprint density at radius 1 is 1.15 bits per heavy atom. The third-order valence-corrected chi connectivity index (χ3v) is 6.01. The van der Waals surface area contributed by atoms with Crippen molar-refractivity contribution in [3.05, 3.63) is 89.3 Å². The van der Waals surface area contributed by atoms with Crippen LogP contribution in [0.4, 0.5) is 4.39 Å². The molecule has 3 heterocycles. The molecule has 0 radical (unpaired) electrons. The van der Waals surface area contributed by atoms with Crippen molar-refractivity contribution < 1.29 is 9.13 Å². The van der Waals surface area contributed by atoms with Crippen LogP contribution in [0.25, 0.3) is 17.8 Å². The maximum atomic E-state index is 13.4. The molecule has 0 bridgehead atoms. The molecule has 0 amide bonds. The summed E-state index contributed by atoms with van der Waals surface area (Å²) in [7, 11) is 1.65. The van der Waals surface area contributed by atoms with Crippen LogP contribution in [-0.2, 0) is 12.1 Å². The van der Waals surface area contributed by atoms with E-state index in [2.05, 4.69) is 10.1 Å². The molecule has 33 heavy (non-hydrogen) atoms. The van der Waals surface area contributed by atoms with E-state index in [1.807, 2.05) is 52.7 Å². The zero-order valence-corrected chi connectivity index (χ0v) is 18.6. The summed E-state index contributed by atoms with van der Waals surface area (Å²) in [5.41, 5.74) is 9.63. The Kier molecular flexibility index (Phi) is 5.30. The van der Waals surface area contributed by atoms with Crippen LogP contribution in [0.5, 0.6) is 5.75 Å². The maximum absolute atomic E-state index is 13.4. The lowest BCUT2D eigenvalue weighted by molar-refractivity contribution is 0.342. The normalized spacial score (nSPS) is 17.9. The minimum atomic E-state index is -0.793. The summed E-state index contributed by atoms with van der Waals surface area (Å²) in [4.78, 5) is 9.01. The number of fused-ring (bicyclic) bond motifs is 1. The smallest absolute Gasteiger partial charge is 0.174 e. The number of aryl methyl sites for hydroxylation is 2. The predicted molar refractivity (Wildman–Crippen MR) is 124 cm³/mol. The number of halogens is 1. The standard InChI is InChI=1S/C25H25FN6O/c1-17-15-31(16-28-17)21-10-4-18(14-22(21)33-2)5-11-23-29-24-25(27,12-3-13-32(24)30-23)19-6-8-20(26)9-7-19/h4-11,14-16H,3,12-13,27H2,1-2H3/b11-5+/t25-/m1/s1. The zero-order valence-electron chi connectivity index (χ0n) is 18.6. The number of nitrogens with zero attached hydrogens (tertiary/aromatic N) is 5. The molecule has 1 aliphatic rings. The summed E-state index contributed by atoms with van der Waals surface area (Å²) < 4.78 is 22.8. The van der Waals surface area contributed by atoms with E-state index in [0.29, 0.717) is 11.6 Å². The molecule has 1 aliphatic heterocycles. The Morgan fingerprint density at radius 2 is 1.97 bits per heavy atom. The van der Waals surface area contributed by atoms with Gasteiger partial charge >= 0.3 is 0 Å². The third kappa shape index (κ3) is 3.93. The third-order valence-electron chi connectivity index (χ3n) is 6.01. The summed E-state index contributed by atoms with van der Waals surface area (Å²) in [5.74, 6) is 1.73. The second-order valence-electron chi connectivity index (χ2n) is 8.29. The minimum absolute atomic E-state index is 0.284. The van der Waals surface area contributed by atoms with Gasteiger partial charge in [0.1, 0.15) is 17.1 Å². The van der Waals surface area contributed by atoms with Crippen molar-refractivity contribution in [3.63, 3.8) is 0 Å². The van der Waals surface area contributed by atoms with Gasteiger partial charge < -0.3 is 15.0 Å². The van der Waals surface area contributed by atoms with Gasteiger partial charge in [0, 0.05) is 12.7 Å². The van der Waals surface area contributed by atoms with E-state index in [1.54, 1.807) is 25.6 Å². The lowest BCUT2D eigenvalue weighted by atomic mass is 9.83. The second-order valence-corrected chi connectivity index (χ2v) is 8.29. The van der Waals surface area contributed by atoms with Gasteiger partial charge in [0.15, 0.2) is 11.6 Å². The van der Waals surface area contributed by atoms with Gasteiger partial charge in [-0.3, -0.25) is 0 Å². The average Bonchev–Trinajstić information content (AvgIpc) is 3.45. The van der Waals surface area contributed by atoms with E-state index in [4.69, 9.17) is 15.5 Å². The second kappa shape index (κ2) is 8.29. The first kappa shape index (κ1) is 21.1. The molecule has 0 fully saturated rings. The molecule has 168 valence electrons. The van der Waals surface area contributed by atoms with Crippen molar-refractivity contribution in [2.45, 2.75) is 31.8 Å². The highest BCUT2D eigenvalue weighted by atomic mass is 19.1. The number of hydrogen-bond donors (Lipinski definition) is 1. The number of ether oxygens (including phenoxy) is 1. The highest BCUT2D eigenvalue weighted by Gasteiger charge is 2.37. The van der Waals surface area contributed by atoms with Crippen LogP contribution >= 0.6 is 0 Å². The Bertz CT molecular complexity index is 1320. The molecule has 2 aromatic heterocycles. The van der Waals surface area contributed by atoms with Gasteiger partial charge in [0.05, 0.1) is 24.8 Å².